The largest absolute Gasteiger partial charge is 0.480 e. The highest BCUT2D eigenvalue weighted by Crippen LogP contribution is 2.33. The first-order valence-corrected chi connectivity index (χ1v) is 10.7. The molecule has 1 unspecified atom stereocenters. The van der Waals surface area contributed by atoms with Crippen LogP contribution in [0.15, 0.2) is 0 Å². The van der Waals surface area contributed by atoms with Crippen LogP contribution in [0.3, 0.4) is 0 Å². The summed E-state index contributed by atoms with van der Waals surface area (Å²) in [6.45, 7) is 2.63. The molecule has 2 rings (SSSR count). The standard InChI is InChI=1S/C16H26N4O5S2/c1-3-25-15(24)17-14(26)19-7-5-16(6-8-19)18-11(4-9-27-2)13(23)20(16)10-12(21)22/h11,18H,3-10H2,1-2H3,(H,21,22)(H,17,24,26). The van der Waals surface area contributed by atoms with E-state index in [1.165, 1.54) is 4.90 Å². The van der Waals surface area contributed by atoms with Gasteiger partial charge in [0.25, 0.3) is 0 Å². The number of thiocarbonyl (C=S) groups is 1. The predicted molar refractivity (Wildman–Crippen MR) is 106 cm³/mol. The predicted octanol–water partition coefficient (Wildman–Crippen LogP) is 0.448. The van der Waals surface area contributed by atoms with E-state index in [1.54, 1.807) is 18.7 Å². The molecule has 2 saturated heterocycles. The zero-order chi connectivity index (χ0) is 20.0. The zero-order valence-electron chi connectivity index (χ0n) is 15.5. The third-order valence-electron chi connectivity index (χ3n) is 4.79. The van der Waals surface area contributed by atoms with Crippen molar-refractivity contribution in [3.05, 3.63) is 0 Å². The van der Waals surface area contributed by atoms with Crippen molar-refractivity contribution in [3.8, 4) is 0 Å². The van der Waals surface area contributed by atoms with Crippen LogP contribution in [0.5, 0.6) is 0 Å². The van der Waals surface area contributed by atoms with Gasteiger partial charge in [-0.2, -0.15) is 11.8 Å². The molecule has 0 saturated carbocycles. The fourth-order valence-corrected chi connectivity index (χ4v) is 4.22. The van der Waals surface area contributed by atoms with E-state index in [0.717, 1.165) is 5.75 Å². The molecular weight excluding hydrogens is 392 g/mol. The maximum absolute atomic E-state index is 12.7. The third kappa shape index (κ3) is 5.23. The van der Waals surface area contributed by atoms with Crippen molar-refractivity contribution in [2.45, 2.75) is 37.9 Å². The molecule has 152 valence electrons. The van der Waals surface area contributed by atoms with Gasteiger partial charge in [-0.25, -0.2) is 4.79 Å². The number of ether oxygens (including phenoxy) is 1. The molecule has 2 amide bonds. The summed E-state index contributed by atoms with van der Waals surface area (Å²) in [5, 5.41) is 15.4. The topological polar surface area (TPSA) is 111 Å². The SMILES string of the molecule is CCOC(=O)NC(=S)N1CCC2(CC1)NC(CCSC)C(=O)N2CC(=O)O. The molecule has 27 heavy (non-hydrogen) atoms. The summed E-state index contributed by atoms with van der Waals surface area (Å²) in [4.78, 5) is 38.8. The highest BCUT2D eigenvalue weighted by molar-refractivity contribution is 7.98. The number of carboxylic acids is 1. The van der Waals surface area contributed by atoms with Gasteiger partial charge in [-0.15, -0.1) is 0 Å². The number of aliphatic carboxylic acids is 1. The van der Waals surface area contributed by atoms with E-state index in [9.17, 15) is 19.5 Å². The average molecular weight is 419 g/mol. The van der Waals surface area contributed by atoms with Crippen molar-refractivity contribution in [3.63, 3.8) is 0 Å². The molecule has 2 heterocycles. The summed E-state index contributed by atoms with van der Waals surface area (Å²) in [7, 11) is 0. The lowest BCUT2D eigenvalue weighted by atomic mass is 9.96. The molecule has 9 nitrogen and oxygen atoms in total. The quantitative estimate of drug-likeness (QED) is 0.529. The van der Waals surface area contributed by atoms with E-state index in [1.807, 2.05) is 11.2 Å². The van der Waals surface area contributed by atoms with E-state index in [2.05, 4.69) is 10.6 Å². The molecule has 0 aromatic heterocycles. The first-order valence-electron chi connectivity index (χ1n) is 8.85. The van der Waals surface area contributed by atoms with Gasteiger partial charge in [-0.3, -0.25) is 20.2 Å². The Morgan fingerprint density at radius 1 is 1.44 bits per heavy atom. The van der Waals surface area contributed by atoms with Crippen LogP contribution in [0.25, 0.3) is 0 Å². The summed E-state index contributed by atoms with van der Waals surface area (Å²) in [5.74, 6) is -0.371. The Bertz CT molecular complexity index is 595. The van der Waals surface area contributed by atoms with Crippen LogP contribution in [0.1, 0.15) is 26.2 Å². The van der Waals surface area contributed by atoms with Crippen LogP contribution in [-0.4, -0.2) is 87.9 Å². The van der Waals surface area contributed by atoms with Crippen LogP contribution >= 0.6 is 24.0 Å². The smallest absolute Gasteiger partial charge is 0.413 e. The van der Waals surface area contributed by atoms with Gasteiger partial charge in [0, 0.05) is 25.9 Å². The molecule has 1 atom stereocenters. The minimum absolute atomic E-state index is 0.160. The highest BCUT2D eigenvalue weighted by Gasteiger charge is 2.51. The third-order valence-corrected chi connectivity index (χ3v) is 5.79. The fraction of sp³-hybridized carbons (Fsp3) is 0.750. The zero-order valence-corrected chi connectivity index (χ0v) is 17.2. The lowest BCUT2D eigenvalue weighted by molar-refractivity contribution is -0.147. The molecule has 1 spiro atoms. The number of nitrogens with one attached hydrogen (secondary N) is 2. The minimum Gasteiger partial charge on any atom is -0.480 e. The average Bonchev–Trinajstić information content (AvgIpc) is 2.85. The van der Waals surface area contributed by atoms with E-state index in [4.69, 9.17) is 17.0 Å². The van der Waals surface area contributed by atoms with Crippen molar-refractivity contribution < 1.29 is 24.2 Å². The number of nitrogens with zero attached hydrogens (tertiary/aromatic N) is 2. The highest BCUT2D eigenvalue weighted by atomic mass is 32.2. The van der Waals surface area contributed by atoms with E-state index < -0.39 is 17.7 Å². The monoisotopic (exact) mass is 418 g/mol. The van der Waals surface area contributed by atoms with E-state index in [0.29, 0.717) is 32.4 Å². The number of thioether (sulfide) groups is 1. The molecule has 2 aliphatic heterocycles. The number of carbonyl (C=O) groups excluding carboxylic acids is 2. The Balaban J connectivity index is 2.03. The van der Waals surface area contributed by atoms with Gasteiger partial charge < -0.3 is 19.6 Å². The van der Waals surface area contributed by atoms with Gasteiger partial charge in [-0.05, 0) is 37.6 Å². The Labute approximate surface area is 168 Å². The summed E-state index contributed by atoms with van der Waals surface area (Å²) < 4.78 is 4.83. The molecule has 11 heteroatoms. The van der Waals surface area contributed by atoms with E-state index in [-0.39, 0.29) is 30.2 Å². The normalized spacial score (nSPS) is 21.4. The Kier molecular flexibility index (Phi) is 7.68. The van der Waals surface area contributed by atoms with Crippen molar-refractivity contribution in [2.75, 3.05) is 38.2 Å². The Morgan fingerprint density at radius 2 is 2.11 bits per heavy atom. The number of carboxylic acid groups (broad SMARTS) is 1. The molecule has 0 bridgehead atoms. The maximum atomic E-state index is 12.7. The number of hydrogen-bond acceptors (Lipinski definition) is 7. The number of carbonyl (C=O) groups is 3. The van der Waals surface area contributed by atoms with Gasteiger partial charge in [0.05, 0.1) is 18.3 Å². The van der Waals surface area contributed by atoms with Crippen LogP contribution in [0.4, 0.5) is 4.79 Å². The molecule has 0 aliphatic carbocycles. The molecule has 3 N–H and O–H groups in total. The number of piperidine rings is 1. The number of alkyl carbamates (subject to hydrolysis) is 1. The summed E-state index contributed by atoms with van der Waals surface area (Å²) >= 11 is 6.90. The second-order valence-corrected chi connectivity index (χ2v) is 7.84. The first kappa shape index (κ1) is 21.7. The second-order valence-electron chi connectivity index (χ2n) is 6.47. The molecule has 0 aromatic carbocycles. The van der Waals surface area contributed by atoms with Crippen molar-refractivity contribution >= 4 is 47.1 Å². The van der Waals surface area contributed by atoms with Crippen LogP contribution in [0.2, 0.25) is 0 Å². The summed E-state index contributed by atoms with van der Waals surface area (Å²) in [5.41, 5.74) is -0.686. The fourth-order valence-electron chi connectivity index (χ4n) is 3.49. The van der Waals surface area contributed by atoms with Crippen molar-refractivity contribution in [2.24, 2.45) is 0 Å². The molecule has 2 aliphatic rings. The summed E-state index contributed by atoms with van der Waals surface area (Å²) in [6, 6.07) is -0.368. The Morgan fingerprint density at radius 3 is 2.67 bits per heavy atom. The van der Waals surface area contributed by atoms with Crippen LogP contribution in [-0.2, 0) is 14.3 Å². The molecule has 2 fully saturated rings. The van der Waals surface area contributed by atoms with E-state index >= 15 is 0 Å². The number of hydrogen-bond donors (Lipinski definition) is 3. The second kappa shape index (κ2) is 9.56. The molecule has 0 radical (unpaired) electrons. The van der Waals surface area contributed by atoms with Gasteiger partial charge in [0.2, 0.25) is 5.91 Å². The van der Waals surface area contributed by atoms with Gasteiger partial charge >= 0.3 is 12.1 Å². The molecule has 0 aromatic rings. The van der Waals surface area contributed by atoms with Gasteiger partial charge in [0.1, 0.15) is 6.54 Å². The lowest BCUT2D eigenvalue weighted by Crippen LogP contribution is -2.61. The number of likely N-dealkylation sites (tertiary alicyclic amines) is 1. The summed E-state index contributed by atoms with van der Waals surface area (Å²) in [6.07, 6.45) is 3.07. The molecular formula is C16H26N4O5S2. The number of amides is 2. The minimum atomic E-state index is -1.03. The van der Waals surface area contributed by atoms with Crippen LogP contribution in [0, 0.1) is 0 Å². The Hall–Kier alpha value is -1.59. The first-order chi connectivity index (χ1) is 12.8. The van der Waals surface area contributed by atoms with Crippen molar-refractivity contribution in [1.82, 2.24) is 20.4 Å². The van der Waals surface area contributed by atoms with Crippen LogP contribution < -0.4 is 10.6 Å². The van der Waals surface area contributed by atoms with Gasteiger partial charge in [-0.1, -0.05) is 0 Å². The number of rotatable bonds is 6. The lowest BCUT2D eigenvalue weighted by Gasteiger charge is -2.44. The van der Waals surface area contributed by atoms with Crippen molar-refractivity contribution in [1.29, 1.82) is 0 Å². The maximum Gasteiger partial charge on any atom is 0.413 e. The van der Waals surface area contributed by atoms with Gasteiger partial charge in [0.15, 0.2) is 5.11 Å².